The fourth-order valence-electron chi connectivity index (χ4n) is 2.50. The first-order valence-electron chi connectivity index (χ1n) is 6.43. The number of carbonyl (C=O) groups excluding carboxylic acids is 1. The molecule has 3 heteroatoms. The van der Waals surface area contributed by atoms with Crippen LogP contribution in [-0.4, -0.2) is 17.2 Å². The molecule has 0 aliphatic carbocycles. The second-order valence-electron chi connectivity index (χ2n) is 4.65. The topological polar surface area (TPSA) is 46.5 Å². The van der Waals surface area contributed by atoms with Crippen molar-refractivity contribution in [2.75, 3.05) is 0 Å². The van der Waals surface area contributed by atoms with Crippen molar-refractivity contribution < 1.29 is 14.6 Å². The van der Waals surface area contributed by atoms with E-state index in [0.717, 1.165) is 0 Å². The van der Waals surface area contributed by atoms with E-state index >= 15 is 0 Å². The second kappa shape index (κ2) is 5.04. The van der Waals surface area contributed by atoms with Crippen molar-refractivity contribution in [3.05, 3.63) is 83.9 Å². The van der Waals surface area contributed by atoms with Gasteiger partial charge in [-0.2, -0.15) is 0 Å². The molecular formula is C17H14O3. The summed E-state index contributed by atoms with van der Waals surface area (Å²) in [6.45, 7) is 0. The van der Waals surface area contributed by atoms with E-state index in [4.69, 9.17) is 4.74 Å². The van der Waals surface area contributed by atoms with Crippen LogP contribution >= 0.6 is 0 Å². The molecule has 20 heavy (non-hydrogen) atoms. The number of hydrogen-bond donors (Lipinski definition) is 1. The third kappa shape index (κ3) is 1.97. The Bertz CT molecular complexity index is 592. The van der Waals surface area contributed by atoms with Crippen molar-refractivity contribution in [2.24, 2.45) is 0 Å². The van der Waals surface area contributed by atoms with Crippen LogP contribution in [0.3, 0.4) is 0 Å². The molecule has 0 amide bonds. The van der Waals surface area contributed by atoms with Gasteiger partial charge in [-0.3, -0.25) is 4.79 Å². The Morgan fingerprint density at radius 2 is 1.40 bits per heavy atom. The van der Waals surface area contributed by atoms with Gasteiger partial charge < -0.3 is 9.84 Å². The van der Waals surface area contributed by atoms with Crippen molar-refractivity contribution in [1.82, 2.24) is 0 Å². The van der Waals surface area contributed by atoms with E-state index in [1.807, 2.05) is 60.7 Å². The maximum atomic E-state index is 12.5. The molecule has 0 spiro atoms. The van der Waals surface area contributed by atoms with Crippen LogP contribution in [0.4, 0.5) is 0 Å². The molecule has 2 aromatic rings. The first-order valence-corrected chi connectivity index (χ1v) is 6.43. The highest BCUT2D eigenvalue weighted by Gasteiger charge is 2.45. The van der Waals surface area contributed by atoms with E-state index in [1.54, 1.807) is 0 Å². The number of ether oxygens (including phenoxy) is 1. The minimum atomic E-state index is -1.28. The van der Waals surface area contributed by atoms with Crippen LogP contribution in [0.5, 0.6) is 0 Å². The highest BCUT2D eigenvalue weighted by Crippen LogP contribution is 2.38. The largest absolute Gasteiger partial charge is 0.365 e. The zero-order valence-corrected chi connectivity index (χ0v) is 10.8. The van der Waals surface area contributed by atoms with Crippen molar-refractivity contribution in [3.8, 4) is 0 Å². The van der Waals surface area contributed by atoms with Gasteiger partial charge >= 0.3 is 0 Å². The van der Waals surface area contributed by atoms with Crippen LogP contribution < -0.4 is 0 Å². The summed E-state index contributed by atoms with van der Waals surface area (Å²) < 4.78 is 5.68. The van der Waals surface area contributed by atoms with E-state index < -0.39 is 11.9 Å². The van der Waals surface area contributed by atoms with E-state index in [2.05, 4.69) is 0 Å². The number of benzene rings is 2. The quantitative estimate of drug-likeness (QED) is 0.908. The van der Waals surface area contributed by atoms with Gasteiger partial charge in [0.15, 0.2) is 17.7 Å². The van der Waals surface area contributed by atoms with Gasteiger partial charge in [0.1, 0.15) is 0 Å². The predicted molar refractivity (Wildman–Crippen MR) is 74.9 cm³/mol. The lowest BCUT2D eigenvalue weighted by Crippen LogP contribution is -2.44. The molecule has 100 valence electrons. The van der Waals surface area contributed by atoms with Crippen LogP contribution in [0.25, 0.3) is 0 Å². The lowest BCUT2D eigenvalue weighted by Gasteiger charge is -2.36. The number of rotatable bonds is 2. The Balaban J connectivity index is 2.24. The summed E-state index contributed by atoms with van der Waals surface area (Å²) in [6.07, 6.45) is 1.63. The summed E-state index contributed by atoms with van der Waals surface area (Å²) >= 11 is 0. The van der Waals surface area contributed by atoms with Crippen LogP contribution in [0.15, 0.2) is 72.8 Å². The molecule has 1 N–H and O–H groups in total. The molecule has 2 aromatic carbocycles. The van der Waals surface area contributed by atoms with Gasteiger partial charge in [0.2, 0.25) is 0 Å². The molecular weight excluding hydrogens is 252 g/mol. The highest BCUT2D eigenvalue weighted by atomic mass is 16.6. The summed E-state index contributed by atoms with van der Waals surface area (Å²) in [6, 6.07) is 18.5. The Labute approximate surface area is 117 Å². The lowest BCUT2D eigenvalue weighted by atomic mass is 9.81. The molecule has 0 radical (unpaired) electrons. The summed E-state index contributed by atoms with van der Waals surface area (Å²) in [5.74, 6) is -0.194. The fraction of sp³-hybridized carbons (Fsp3) is 0.118. The van der Waals surface area contributed by atoms with E-state index in [1.165, 1.54) is 12.2 Å². The monoisotopic (exact) mass is 266 g/mol. The number of ketones is 1. The molecule has 0 saturated heterocycles. The minimum Gasteiger partial charge on any atom is -0.365 e. The van der Waals surface area contributed by atoms with E-state index in [-0.39, 0.29) is 5.78 Å². The molecule has 0 saturated carbocycles. The van der Waals surface area contributed by atoms with Gasteiger partial charge in [-0.15, -0.1) is 0 Å². The predicted octanol–water partition coefficient (Wildman–Crippen LogP) is 2.40. The Morgan fingerprint density at radius 1 is 0.900 bits per heavy atom. The minimum absolute atomic E-state index is 0.194. The summed E-state index contributed by atoms with van der Waals surface area (Å²) in [5, 5.41) is 9.82. The van der Waals surface area contributed by atoms with Gasteiger partial charge in [-0.25, -0.2) is 0 Å². The van der Waals surface area contributed by atoms with E-state index in [0.29, 0.717) is 11.1 Å². The molecule has 1 heterocycles. The Hall–Kier alpha value is -2.23. The molecule has 1 atom stereocenters. The van der Waals surface area contributed by atoms with Crippen molar-refractivity contribution in [2.45, 2.75) is 11.9 Å². The van der Waals surface area contributed by atoms with Crippen LogP contribution in [0.2, 0.25) is 0 Å². The molecule has 1 unspecified atom stereocenters. The maximum absolute atomic E-state index is 12.5. The average molecular weight is 266 g/mol. The van der Waals surface area contributed by atoms with Crippen LogP contribution in [0, 0.1) is 0 Å². The van der Waals surface area contributed by atoms with Crippen LogP contribution in [-0.2, 0) is 15.1 Å². The zero-order chi connectivity index (χ0) is 14.0. The SMILES string of the molecule is O=C1C=CC(O)OC1(c1ccccc1)c1ccccc1. The molecule has 0 fully saturated rings. The molecule has 3 nitrogen and oxygen atoms in total. The smallest absolute Gasteiger partial charge is 0.196 e. The Kier molecular flexibility index (Phi) is 3.22. The number of hydrogen-bond acceptors (Lipinski definition) is 3. The average Bonchev–Trinajstić information content (AvgIpc) is 2.51. The summed E-state index contributed by atoms with van der Waals surface area (Å²) in [5.41, 5.74) is 0.135. The standard InChI is InChI=1S/C17H14O3/c18-15-11-12-16(19)20-17(15,13-7-3-1-4-8-13)14-9-5-2-6-10-14/h1-12,16,19H. The Morgan fingerprint density at radius 3 is 1.90 bits per heavy atom. The highest BCUT2D eigenvalue weighted by molar-refractivity contribution is 6.01. The first kappa shape index (κ1) is 12.8. The lowest BCUT2D eigenvalue weighted by molar-refractivity contribution is -0.170. The second-order valence-corrected chi connectivity index (χ2v) is 4.65. The van der Waals surface area contributed by atoms with Gasteiger partial charge in [0.25, 0.3) is 0 Å². The molecule has 0 aromatic heterocycles. The molecule has 3 rings (SSSR count). The summed E-state index contributed by atoms with van der Waals surface area (Å²) in [4.78, 5) is 12.5. The van der Waals surface area contributed by atoms with Gasteiger partial charge in [0.05, 0.1) is 0 Å². The fourth-order valence-corrected chi connectivity index (χ4v) is 2.50. The van der Waals surface area contributed by atoms with Crippen LogP contribution in [0.1, 0.15) is 11.1 Å². The maximum Gasteiger partial charge on any atom is 0.196 e. The van der Waals surface area contributed by atoms with Crippen molar-refractivity contribution in [3.63, 3.8) is 0 Å². The molecule has 1 aliphatic rings. The summed E-state index contributed by atoms with van der Waals surface area (Å²) in [7, 11) is 0. The molecule has 1 aliphatic heterocycles. The number of carbonyl (C=O) groups is 1. The third-order valence-electron chi connectivity index (χ3n) is 3.42. The third-order valence-corrected chi connectivity index (χ3v) is 3.42. The van der Waals surface area contributed by atoms with E-state index in [9.17, 15) is 9.90 Å². The zero-order valence-electron chi connectivity index (χ0n) is 10.8. The first-order chi connectivity index (χ1) is 9.73. The van der Waals surface area contributed by atoms with Crippen molar-refractivity contribution in [1.29, 1.82) is 0 Å². The normalized spacial score (nSPS) is 20.9. The number of aliphatic hydroxyl groups is 1. The van der Waals surface area contributed by atoms with Gasteiger partial charge in [-0.1, -0.05) is 60.7 Å². The van der Waals surface area contributed by atoms with Gasteiger partial charge in [-0.05, 0) is 23.3 Å². The number of aliphatic hydroxyl groups excluding tert-OH is 1. The van der Waals surface area contributed by atoms with Gasteiger partial charge in [0, 0.05) is 0 Å². The molecule has 0 bridgehead atoms. The van der Waals surface area contributed by atoms with Crippen molar-refractivity contribution >= 4 is 5.78 Å².